The van der Waals surface area contributed by atoms with Gasteiger partial charge in [-0.2, -0.15) is 4.39 Å². The molecule has 0 radical (unpaired) electrons. The van der Waals surface area contributed by atoms with Crippen molar-refractivity contribution in [1.82, 2.24) is 19.9 Å². The first-order valence-electron chi connectivity index (χ1n) is 9.09. The van der Waals surface area contributed by atoms with E-state index in [4.69, 9.17) is 0 Å². The molecule has 0 saturated heterocycles. The maximum absolute atomic E-state index is 12.9. The second-order valence-electron chi connectivity index (χ2n) is 7.00. The van der Waals surface area contributed by atoms with Gasteiger partial charge in [-0.05, 0) is 43.5 Å². The fourth-order valence-corrected chi connectivity index (χ4v) is 4.91. The molecule has 0 aromatic carbocycles. The quantitative estimate of drug-likeness (QED) is 0.584. The lowest BCUT2D eigenvalue weighted by molar-refractivity contribution is -0.137. The van der Waals surface area contributed by atoms with E-state index in [0.29, 0.717) is 19.3 Å². The Balaban J connectivity index is 1.55. The minimum Gasteiger partial charge on any atom is -0.480 e. The van der Waals surface area contributed by atoms with Gasteiger partial charge < -0.3 is 15.0 Å². The number of hydrogen-bond donors (Lipinski definition) is 2. The first kappa shape index (κ1) is 19.5. The highest BCUT2D eigenvalue weighted by Crippen LogP contribution is 2.31. The molecule has 8 nitrogen and oxygen atoms in total. The first-order chi connectivity index (χ1) is 13.8. The van der Waals surface area contributed by atoms with E-state index in [9.17, 15) is 22.7 Å². The van der Waals surface area contributed by atoms with Crippen LogP contribution in [0.5, 0.6) is 0 Å². The Bertz CT molecular complexity index is 1170. The molecule has 0 bridgehead atoms. The molecule has 10 heteroatoms. The van der Waals surface area contributed by atoms with Gasteiger partial charge in [-0.15, -0.1) is 0 Å². The first-order valence-corrected chi connectivity index (χ1v) is 10.7. The summed E-state index contributed by atoms with van der Waals surface area (Å²) < 4.78 is 39.6. The van der Waals surface area contributed by atoms with Crippen LogP contribution in [0.4, 0.5) is 4.39 Å². The molecule has 0 fully saturated rings. The highest BCUT2D eigenvalue weighted by atomic mass is 32.2. The smallest absolute Gasteiger partial charge is 0.323 e. The van der Waals surface area contributed by atoms with Crippen LogP contribution in [0.25, 0.3) is 11.0 Å². The molecular formula is C19H19FN4O4S. The minimum absolute atomic E-state index is 0.0392. The van der Waals surface area contributed by atoms with Gasteiger partial charge in [0.05, 0.1) is 15.9 Å². The van der Waals surface area contributed by atoms with E-state index >= 15 is 0 Å². The Kier molecular flexibility index (Phi) is 5.05. The number of halogens is 1. The summed E-state index contributed by atoms with van der Waals surface area (Å²) in [5, 5.41) is 12.3. The summed E-state index contributed by atoms with van der Waals surface area (Å²) in [6.45, 7) is -0.137. The zero-order chi connectivity index (χ0) is 20.6. The van der Waals surface area contributed by atoms with Crippen LogP contribution in [0.3, 0.4) is 0 Å². The molecule has 1 aliphatic rings. The molecule has 1 aliphatic carbocycles. The van der Waals surface area contributed by atoms with E-state index in [-0.39, 0.29) is 23.4 Å². The van der Waals surface area contributed by atoms with Crippen molar-refractivity contribution in [3.63, 3.8) is 0 Å². The van der Waals surface area contributed by atoms with Crippen LogP contribution in [-0.2, 0) is 34.0 Å². The van der Waals surface area contributed by atoms with Gasteiger partial charge in [-0.25, -0.2) is 13.4 Å². The summed E-state index contributed by atoms with van der Waals surface area (Å²) in [6, 6.07) is 5.73. The third-order valence-corrected chi connectivity index (χ3v) is 6.64. The van der Waals surface area contributed by atoms with Crippen molar-refractivity contribution in [3.05, 3.63) is 53.9 Å². The number of rotatable bonds is 6. The number of sulfone groups is 1. The highest BCUT2D eigenvalue weighted by molar-refractivity contribution is 7.91. The molecule has 1 atom stereocenters. The van der Waals surface area contributed by atoms with Gasteiger partial charge in [-0.1, -0.05) is 0 Å². The van der Waals surface area contributed by atoms with E-state index in [1.165, 1.54) is 6.07 Å². The summed E-state index contributed by atoms with van der Waals surface area (Å²) in [7, 11) is -3.65. The lowest BCUT2D eigenvalue weighted by Crippen LogP contribution is -2.38. The maximum Gasteiger partial charge on any atom is 0.323 e. The summed E-state index contributed by atoms with van der Waals surface area (Å²) in [6.07, 6.45) is 4.51. The zero-order valence-electron chi connectivity index (χ0n) is 15.4. The average Bonchev–Trinajstić information content (AvgIpc) is 3.00. The number of carbonyl (C=O) groups is 1. The lowest BCUT2D eigenvalue weighted by Gasteiger charge is -2.24. The molecule has 3 aromatic rings. The number of pyridine rings is 2. The number of fused-ring (bicyclic) bond motifs is 3. The van der Waals surface area contributed by atoms with Gasteiger partial charge in [0.2, 0.25) is 5.95 Å². The topological polar surface area (TPSA) is 114 Å². The maximum atomic E-state index is 12.9. The molecule has 1 unspecified atom stereocenters. The summed E-state index contributed by atoms with van der Waals surface area (Å²) in [5.74, 6) is -1.95. The van der Waals surface area contributed by atoms with E-state index in [1.807, 2.05) is 6.07 Å². The Morgan fingerprint density at radius 1 is 1.31 bits per heavy atom. The van der Waals surface area contributed by atoms with Crippen molar-refractivity contribution in [2.24, 2.45) is 0 Å². The van der Waals surface area contributed by atoms with Gasteiger partial charge in [-0.3, -0.25) is 9.78 Å². The SMILES string of the molecule is O=C(O)Cn1c2c(c3ncccc31)CC(NCS(=O)(=O)c1ccc(F)nc1)CC2. The van der Waals surface area contributed by atoms with Gasteiger partial charge in [0.15, 0.2) is 9.84 Å². The second-order valence-corrected chi connectivity index (χ2v) is 8.99. The van der Waals surface area contributed by atoms with E-state index in [2.05, 4.69) is 15.3 Å². The number of aliphatic carboxylic acids is 1. The molecular weight excluding hydrogens is 399 g/mol. The molecule has 3 heterocycles. The van der Waals surface area contributed by atoms with Gasteiger partial charge in [0.1, 0.15) is 12.4 Å². The Morgan fingerprint density at radius 3 is 2.86 bits per heavy atom. The van der Waals surface area contributed by atoms with Crippen LogP contribution in [0.2, 0.25) is 0 Å². The fraction of sp³-hybridized carbons (Fsp3) is 0.316. The Hall–Kier alpha value is -2.85. The van der Waals surface area contributed by atoms with Crippen LogP contribution in [-0.4, -0.2) is 45.9 Å². The Labute approximate surface area is 166 Å². The molecule has 0 saturated carbocycles. The van der Waals surface area contributed by atoms with Crippen molar-refractivity contribution >= 4 is 26.8 Å². The normalized spacial score (nSPS) is 16.7. The predicted octanol–water partition coefficient (Wildman–Crippen LogP) is 1.53. The third kappa shape index (κ3) is 3.85. The predicted molar refractivity (Wildman–Crippen MR) is 103 cm³/mol. The van der Waals surface area contributed by atoms with E-state index in [1.54, 1.807) is 16.8 Å². The molecule has 0 aliphatic heterocycles. The van der Waals surface area contributed by atoms with Crippen LogP contribution in [0.1, 0.15) is 17.7 Å². The number of nitrogens with one attached hydrogen (secondary N) is 1. The standard InChI is InChI=1S/C19H19FN4O4S/c20-17-6-4-13(9-22-17)29(27,28)11-23-12-3-5-15-14(8-12)19-16(2-1-7-21-19)24(15)10-18(25)26/h1-2,4,6-7,9,12,23H,3,5,8,10-11H2,(H,25,26). The van der Waals surface area contributed by atoms with Crippen molar-refractivity contribution in [1.29, 1.82) is 0 Å². The largest absolute Gasteiger partial charge is 0.480 e. The molecule has 2 N–H and O–H groups in total. The van der Waals surface area contributed by atoms with Crippen LogP contribution in [0.15, 0.2) is 41.6 Å². The molecule has 3 aromatic heterocycles. The fourth-order valence-electron chi connectivity index (χ4n) is 3.80. The molecule has 152 valence electrons. The number of nitrogens with zero attached hydrogens (tertiary/aromatic N) is 3. The van der Waals surface area contributed by atoms with Gasteiger partial charge in [0.25, 0.3) is 0 Å². The second kappa shape index (κ2) is 7.53. The van der Waals surface area contributed by atoms with Crippen LogP contribution >= 0.6 is 0 Å². The van der Waals surface area contributed by atoms with Gasteiger partial charge >= 0.3 is 5.97 Å². The number of carboxylic acid groups (broad SMARTS) is 1. The summed E-state index contributed by atoms with van der Waals surface area (Å²) in [5.41, 5.74) is 3.41. The molecule has 0 amide bonds. The van der Waals surface area contributed by atoms with Crippen LogP contribution in [0, 0.1) is 5.95 Å². The molecule has 0 spiro atoms. The monoisotopic (exact) mass is 418 g/mol. The highest BCUT2D eigenvalue weighted by Gasteiger charge is 2.27. The third-order valence-electron chi connectivity index (χ3n) is 5.13. The average molecular weight is 418 g/mol. The zero-order valence-corrected chi connectivity index (χ0v) is 16.2. The van der Waals surface area contributed by atoms with Gasteiger partial charge in [0, 0.05) is 29.7 Å². The van der Waals surface area contributed by atoms with Crippen molar-refractivity contribution in [3.8, 4) is 0 Å². The van der Waals surface area contributed by atoms with Crippen molar-refractivity contribution in [2.45, 2.75) is 36.7 Å². The number of aromatic nitrogens is 3. The number of hydrogen-bond acceptors (Lipinski definition) is 6. The molecule has 4 rings (SSSR count). The number of carboxylic acids is 1. The van der Waals surface area contributed by atoms with E-state index < -0.39 is 21.8 Å². The minimum atomic E-state index is -3.65. The van der Waals surface area contributed by atoms with Crippen LogP contribution < -0.4 is 5.32 Å². The van der Waals surface area contributed by atoms with Crippen molar-refractivity contribution in [2.75, 3.05) is 5.88 Å². The lowest BCUT2D eigenvalue weighted by atomic mass is 9.92. The summed E-state index contributed by atoms with van der Waals surface area (Å²) >= 11 is 0. The Morgan fingerprint density at radius 2 is 2.14 bits per heavy atom. The molecule has 29 heavy (non-hydrogen) atoms. The summed E-state index contributed by atoms with van der Waals surface area (Å²) in [4.78, 5) is 19.1. The van der Waals surface area contributed by atoms with Crippen molar-refractivity contribution < 1.29 is 22.7 Å². The van der Waals surface area contributed by atoms with E-state index in [0.717, 1.165) is 34.6 Å².